The van der Waals surface area contributed by atoms with Crippen LogP contribution < -0.4 is 0 Å². The summed E-state index contributed by atoms with van der Waals surface area (Å²) >= 11 is 7.34. The van der Waals surface area contributed by atoms with Crippen molar-refractivity contribution in [2.45, 2.75) is 23.0 Å². The highest BCUT2D eigenvalue weighted by atomic mass is 35.5. The molecular weight excluding hydrogens is 418 g/mol. The molecule has 1 saturated heterocycles. The number of pyridine rings is 1. The Labute approximate surface area is 171 Å². The first-order valence-electron chi connectivity index (χ1n) is 8.61. The number of nitrogens with zero attached hydrogens (tertiary/aromatic N) is 5. The standard InChI is InChI=1S/C18H16ClN5O2S2/c1-24-16(6-11-4-5-28(25,26)10-11)22-23-18(24)27-17-7-12(9-20)14-8-13(19)2-3-15(14)21-17/h2-3,7-8,11H,4-6,10H2,1H3. The molecule has 7 nitrogen and oxygen atoms in total. The minimum Gasteiger partial charge on any atom is -0.309 e. The van der Waals surface area contributed by atoms with E-state index in [-0.39, 0.29) is 17.4 Å². The number of aromatic nitrogens is 4. The molecule has 1 aliphatic rings. The van der Waals surface area contributed by atoms with Crippen LogP contribution in [0.1, 0.15) is 17.8 Å². The molecule has 3 heterocycles. The SMILES string of the molecule is Cn1c(CC2CCS(=O)(=O)C2)nnc1Sc1cc(C#N)c2cc(Cl)ccc2n1. The molecule has 0 amide bonds. The predicted molar refractivity (Wildman–Crippen MR) is 107 cm³/mol. The summed E-state index contributed by atoms with van der Waals surface area (Å²) in [7, 11) is -1.06. The van der Waals surface area contributed by atoms with Gasteiger partial charge in [0.2, 0.25) is 0 Å². The zero-order valence-corrected chi connectivity index (χ0v) is 17.4. The molecule has 2 aromatic heterocycles. The van der Waals surface area contributed by atoms with Crippen LogP contribution in [0.4, 0.5) is 0 Å². The minimum absolute atomic E-state index is 0.0829. The molecule has 144 valence electrons. The van der Waals surface area contributed by atoms with Crippen LogP contribution in [0, 0.1) is 17.2 Å². The minimum atomic E-state index is -2.91. The molecule has 1 aromatic carbocycles. The normalized spacial score (nSPS) is 18.4. The number of nitriles is 1. The van der Waals surface area contributed by atoms with Gasteiger partial charge in [-0.25, -0.2) is 13.4 Å². The van der Waals surface area contributed by atoms with Crippen molar-refractivity contribution in [3.8, 4) is 6.07 Å². The highest BCUT2D eigenvalue weighted by Gasteiger charge is 2.29. The summed E-state index contributed by atoms with van der Waals surface area (Å²) in [6.45, 7) is 0. The Morgan fingerprint density at radius 3 is 2.89 bits per heavy atom. The number of sulfone groups is 1. The third kappa shape index (κ3) is 3.85. The van der Waals surface area contributed by atoms with E-state index in [0.29, 0.717) is 44.5 Å². The topological polar surface area (TPSA) is 102 Å². The lowest BCUT2D eigenvalue weighted by Crippen LogP contribution is -2.11. The summed E-state index contributed by atoms with van der Waals surface area (Å²) in [5.41, 5.74) is 1.18. The van der Waals surface area contributed by atoms with Crippen molar-refractivity contribution in [3.05, 3.63) is 40.7 Å². The van der Waals surface area contributed by atoms with Crippen LogP contribution in [0.5, 0.6) is 0 Å². The summed E-state index contributed by atoms with van der Waals surface area (Å²) in [5, 5.41) is 20.5. The zero-order chi connectivity index (χ0) is 19.9. The Balaban J connectivity index is 1.59. The maximum absolute atomic E-state index is 11.7. The second-order valence-corrected chi connectivity index (χ2v) is 10.5. The van der Waals surface area contributed by atoms with Crippen molar-refractivity contribution < 1.29 is 8.42 Å². The lowest BCUT2D eigenvalue weighted by Gasteiger charge is -2.08. The summed E-state index contributed by atoms with van der Waals surface area (Å²) < 4.78 is 25.2. The molecule has 28 heavy (non-hydrogen) atoms. The van der Waals surface area contributed by atoms with E-state index >= 15 is 0 Å². The van der Waals surface area contributed by atoms with Gasteiger partial charge < -0.3 is 4.57 Å². The Morgan fingerprint density at radius 1 is 1.36 bits per heavy atom. The van der Waals surface area contributed by atoms with E-state index in [9.17, 15) is 13.7 Å². The van der Waals surface area contributed by atoms with E-state index in [0.717, 1.165) is 5.82 Å². The fourth-order valence-corrected chi connectivity index (χ4v) is 6.18. The fourth-order valence-electron chi connectivity index (χ4n) is 3.31. The molecule has 1 fully saturated rings. The molecule has 0 aliphatic carbocycles. The Bertz CT molecular complexity index is 1220. The number of benzene rings is 1. The molecule has 0 spiro atoms. The highest BCUT2D eigenvalue weighted by Crippen LogP contribution is 2.30. The maximum atomic E-state index is 11.7. The predicted octanol–water partition coefficient (Wildman–Crippen LogP) is 3.02. The second kappa shape index (κ2) is 7.35. The average Bonchev–Trinajstić information content (AvgIpc) is 3.17. The molecule has 0 saturated carbocycles. The van der Waals surface area contributed by atoms with Crippen molar-refractivity contribution in [2.75, 3.05) is 11.5 Å². The first-order chi connectivity index (χ1) is 13.3. The van der Waals surface area contributed by atoms with Gasteiger partial charge >= 0.3 is 0 Å². The number of fused-ring (bicyclic) bond motifs is 1. The van der Waals surface area contributed by atoms with Crippen molar-refractivity contribution in [1.29, 1.82) is 5.26 Å². The second-order valence-electron chi connectivity index (χ2n) is 6.81. The molecule has 0 radical (unpaired) electrons. The number of hydrogen-bond donors (Lipinski definition) is 0. The van der Waals surface area contributed by atoms with E-state index in [1.807, 2.05) is 11.6 Å². The van der Waals surface area contributed by atoms with Gasteiger partial charge in [0.25, 0.3) is 0 Å². The van der Waals surface area contributed by atoms with Crippen molar-refractivity contribution >= 4 is 44.1 Å². The van der Waals surface area contributed by atoms with Gasteiger partial charge in [-0.15, -0.1) is 10.2 Å². The maximum Gasteiger partial charge on any atom is 0.197 e. The molecule has 3 aromatic rings. The molecule has 1 unspecified atom stereocenters. The third-order valence-corrected chi connectivity index (χ3v) is 7.82. The highest BCUT2D eigenvalue weighted by molar-refractivity contribution is 7.99. The number of rotatable bonds is 4. The van der Waals surface area contributed by atoms with Gasteiger partial charge in [-0.05, 0) is 48.4 Å². The number of halogens is 1. The molecule has 1 atom stereocenters. The third-order valence-electron chi connectivity index (χ3n) is 4.79. The lowest BCUT2D eigenvalue weighted by molar-refractivity contribution is 0.552. The lowest BCUT2D eigenvalue weighted by atomic mass is 10.1. The Kier molecular flexibility index (Phi) is 5.04. The zero-order valence-electron chi connectivity index (χ0n) is 15.0. The van der Waals surface area contributed by atoms with E-state index in [1.54, 1.807) is 24.3 Å². The average molecular weight is 434 g/mol. The van der Waals surface area contributed by atoms with E-state index < -0.39 is 9.84 Å². The van der Waals surface area contributed by atoms with Crippen LogP contribution in [-0.2, 0) is 23.3 Å². The Morgan fingerprint density at radius 2 is 2.18 bits per heavy atom. The Hall–Kier alpha value is -2.15. The van der Waals surface area contributed by atoms with Crippen molar-refractivity contribution in [1.82, 2.24) is 19.7 Å². The van der Waals surface area contributed by atoms with Gasteiger partial charge in [0.05, 0.1) is 28.7 Å². The molecular formula is C18H16ClN5O2S2. The van der Waals surface area contributed by atoms with Gasteiger partial charge in [0.1, 0.15) is 10.9 Å². The van der Waals surface area contributed by atoms with Gasteiger partial charge in [-0.3, -0.25) is 0 Å². The first-order valence-corrected chi connectivity index (χ1v) is 11.6. The van der Waals surface area contributed by atoms with Crippen LogP contribution in [0.15, 0.2) is 34.4 Å². The first kappa shape index (κ1) is 19.2. The van der Waals surface area contributed by atoms with E-state index in [4.69, 9.17) is 11.6 Å². The van der Waals surface area contributed by atoms with Crippen LogP contribution in [0.25, 0.3) is 10.9 Å². The largest absolute Gasteiger partial charge is 0.309 e. The molecule has 0 bridgehead atoms. The quantitative estimate of drug-likeness (QED) is 0.623. The summed E-state index contributed by atoms with van der Waals surface area (Å²) in [4.78, 5) is 4.59. The number of hydrogen-bond acceptors (Lipinski definition) is 7. The molecule has 1 aliphatic heterocycles. The van der Waals surface area contributed by atoms with Gasteiger partial charge in [-0.2, -0.15) is 5.26 Å². The summed E-state index contributed by atoms with van der Waals surface area (Å²) in [5.74, 6) is 1.29. The van der Waals surface area contributed by atoms with Crippen molar-refractivity contribution in [3.63, 3.8) is 0 Å². The smallest absolute Gasteiger partial charge is 0.197 e. The van der Waals surface area contributed by atoms with Gasteiger partial charge in [-0.1, -0.05) is 11.6 Å². The van der Waals surface area contributed by atoms with Crippen LogP contribution >= 0.6 is 23.4 Å². The van der Waals surface area contributed by atoms with Crippen molar-refractivity contribution in [2.24, 2.45) is 13.0 Å². The molecule has 0 N–H and O–H groups in total. The van der Waals surface area contributed by atoms with Crippen LogP contribution in [-0.4, -0.2) is 39.7 Å². The molecule has 4 rings (SSSR count). The van der Waals surface area contributed by atoms with E-state index in [2.05, 4.69) is 21.3 Å². The van der Waals surface area contributed by atoms with E-state index in [1.165, 1.54) is 11.8 Å². The summed E-state index contributed by atoms with van der Waals surface area (Å²) in [6.07, 6.45) is 1.24. The van der Waals surface area contributed by atoms with Gasteiger partial charge in [0.15, 0.2) is 15.0 Å². The summed E-state index contributed by atoms with van der Waals surface area (Å²) in [6, 6.07) is 9.15. The van der Waals surface area contributed by atoms with Crippen LogP contribution in [0.2, 0.25) is 5.02 Å². The fraction of sp³-hybridized carbons (Fsp3) is 0.333. The van der Waals surface area contributed by atoms with Gasteiger partial charge in [0, 0.05) is 23.9 Å². The molecule has 10 heteroatoms. The van der Waals surface area contributed by atoms with Crippen LogP contribution in [0.3, 0.4) is 0 Å². The monoisotopic (exact) mass is 433 g/mol.